The lowest BCUT2D eigenvalue weighted by molar-refractivity contribution is -0.152. The molecule has 0 unspecified atom stereocenters. The summed E-state index contributed by atoms with van der Waals surface area (Å²) in [5.41, 5.74) is 0.940. The van der Waals surface area contributed by atoms with Crippen molar-refractivity contribution in [3.8, 4) is 11.5 Å². The van der Waals surface area contributed by atoms with Crippen LogP contribution in [0, 0.1) is 5.92 Å². The Labute approximate surface area is 184 Å². The number of nitrogens with one attached hydrogen (secondary N) is 1. The second-order valence-electron chi connectivity index (χ2n) is 7.73. The molecule has 2 aliphatic rings. The summed E-state index contributed by atoms with van der Waals surface area (Å²) in [7, 11) is 0. The molecule has 166 valence electrons. The number of anilines is 1. The molecule has 3 amide bonds. The quantitative estimate of drug-likeness (QED) is 0.544. The minimum Gasteiger partial charge on any atom is -0.486 e. The van der Waals surface area contributed by atoms with Gasteiger partial charge in [-0.1, -0.05) is 26.0 Å². The maximum atomic E-state index is 12.8. The van der Waals surface area contributed by atoms with Gasteiger partial charge in [-0.05, 0) is 30.2 Å². The van der Waals surface area contributed by atoms with Crippen LogP contribution in [0.2, 0.25) is 0 Å². The fourth-order valence-electron chi connectivity index (χ4n) is 3.68. The van der Waals surface area contributed by atoms with Gasteiger partial charge in [-0.15, -0.1) is 0 Å². The van der Waals surface area contributed by atoms with Crippen molar-refractivity contribution in [1.29, 1.82) is 0 Å². The smallest absolute Gasteiger partial charge is 0.330 e. The number of carbonyl (C=O) groups excluding carboxylic acids is 4. The number of hydrogen-bond donors (Lipinski definition) is 1. The molecule has 2 aromatic carbocycles. The van der Waals surface area contributed by atoms with Crippen LogP contribution in [0.25, 0.3) is 0 Å². The van der Waals surface area contributed by atoms with E-state index in [2.05, 4.69) is 5.32 Å². The molecule has 9 heteroatoms. The molecule has 0 bridgehead atoms. The second kappa shape index (κ2) is 8.70. The first kappa shape index (κ1) is 21.4. The van der Waals surface area contributed by atoms with Gasteiger partial charge in [0.05, 0.1) is 11.1 Å². The van der Waals surface area contributed by atoms with Crippen molar-refractivity contribution in [2.24, 2.45) is 5.92 Å². The Morgan fingerprint density at radius 2 is 1.62 bits per heavy atom. The highest BCUT2D eigenvalue weighted by Gasteiger charge is 2.44. The molecule has 0 aromatic heterocycles. The van der Waals surface area contributed by atoms with E-state index in [4.69, 9.17) is 14.2 Å². The SMILES string of the molecule is CC(C)[C@H](C(=O)OCC(=O)Nc1ccc2c(c1)OCCO2)N1C(=O)c2ccccc2C1=O. The Hall–Kier alpha value is -3.88. The summed E-state index contributed by atoms with van der Waals surface area (Å²) in [6, 6.07) is 10.2. The normalized spacial score (nSPS) is 15.4. The van der Waals surface area contributed by atoms with Crippen LogP contribution in [-0.2, 0) is 14.3 Å². The Bertz CT molecular complexity index is 1060. The summed E-state index contributed by atoms with van der Waals surface area (Å²) < 4.78 is 16.1. The lowest BCUT2D eigenvalue weighted by Gasteiger charge is -2.27. The molecule has 2 aromatic rings. The minimum absolute atomic E-state index is 0.243. The zero-order valence-corrected chi connectivity index (χ0v) is 17.6. The maximum Gasteiger partial charge on any atom is 0.330 e. The van der Waals surface area contributed by atoms with Gasteiger partial charge < -0.3 is 19.5 Å². The third-order valence-corrected chi connectivity index (χ3v) is 5.15. The van der Waals surface area contributed by atoms with Gasteiger partial charge in [-0.2, -0.15) is 0 Å². The van der Waals surface area contributed by atoms with E-state index in [0.717, 1.165) is 4.90 Å². The van der Waals surface area contributed by atoms with Gasteiger partial charge in [0.2, 0.25) is 0 Å². The van der Waals surface area contributed by atoms with Gasteiger partial charge in [0.25, 0.3) is 17.7 Å². The number of esters is 1. The lowest BCUT2D eigenvalue weighted by Crippen LogP contribution is -2.49. The molecule has 0 saturated carbocycles. The molecule has 0 radical (unpaired) electrons. The Balaban J connectivity index is 1.40. The van der Waals surface area contributed by atoms with Gasteiger partial charge >= 0.3 is 5.97 Å². The van der Waals surface area contributed by atoms with Gasteiger partial charge in [0.1, 0.15) is 19.3 Å². The predicted molar refractivity (Wildman–Crippen MR) is 113 cm³/mol. The Morgan fingerprint density at radius 3 is 2.25 bits per heavy atom. The third kappa shape index (κ3) is 4.01. The number of rotatable bonds is 6. The summed E-state index contributed by atoms with van der Waals surface area (Å²) >= 11 is 0. The predicted octanol–water partition coefficient (Wildman–Crippen LogP) is 2.26. The highest BCUT2D eigenvalue weighted by atomic mass is 16.6. The molecule has 0 saturated heterocycles. The van der Waals surface area contributed by atoms with Crippen LogP contribution >= 0.6 is 0 Å². The van der Waals surface area contributed by atoms with E-state index in [0.29, 0.717) is 30.4 Å². The van der Waals surface area contributed by atoms with Crippen LogP contribution in [0.1, 0.15) is 34.6 Å². The van der Waals surface area contributed by atoms with E-state index in [9.17, 15) is 19.2 Å². The van der Waals surface area contributed by atoms with Gasteiger partial charge in [-0.25, -0.2) is 4.79 Å². The van der Waals surface area contributed by atoms with E-state index < -0.39 is 42.3 Å². The standard InChI is InChI=1S/C23H22N2O7/c1-13(2)20(25-21(27)15-5-3-4-6-16(15)22(25)28)23(29)32-12-19(26)24-14-7-8-17-18(11-14)31-10-9-30-17/h3-8,11,13,20H,9-10,12H2,1-2H3,(H,24,26)/t20-/m1/s1. The monoisotopic (exact) mass is 438 g/mol. The number of hydrogen-bond acceptors (Lipinski definition) is 7. The van der Waals surface area contributed by atoms with Crippen molar-refractivity contribution in [3.63, 3.8) is 0 Å². The second-order valence-corrected chi connectivity index (χ2v) is 7.73. The molecule has 1 atom stereocenters. The van der Waals surface area contributed by atoms with Gasteiger partial charge in [0.15, 0.2) is 18.1 Å². The summed E-state index contributed by atoms with van der Waals surface area (Å²) in [5, 5.41) is 2.62. The summed E-state index contributed by atoms with van der Waals surface area (Å²) in [4.78, 5) is 51.5. The van der Waals surface area contributed by atoms with Crippen LogP contribution < -0.4 is 14.8 Å². The van der Waals surface area contributed by atoms with Crippen LogP contribution in [0.15, 0.2) is 42.5 Å². The number of amides is 3. The van der Waals surface area contributed by atoms with Crippen LogP contribution in [0.3, 0.4) is 0 Å². The third-order valence-electron chi connectivity index (χ3n) is 5.15. The van der Waals surface area contributed by atoms with Crippen LogP contribution in [0.5, 0.6) is 11.5 Å². The minimum atomic E-state index is -1.15. The molecule has 1 N–H and O–H groups in total. The van der Waals surface area contributed by atoms with E-state index in [-0.39, 0.29) is 11.1 Å². The van der Waals surface area contributed by atoms with Crippen molar-refractivity contribution >= 4 is 29.4 Å². The fourth-order valence-corrected chi connectivity index (χ4v) is 3.68. The zero-order valence-electron chi connectivity index (χ0n) is 17.6. The van der Waals surface area contributed by atoms with E-state index in [1.54, 1.807) is 56.3 Å². The first-order valence-electron chi connectivity index (χ1n) is 10.2. The molecule has 0 aliphatic carbocycles. The molecule has 2 heterocycles. The van der Waals surface area contributed by atoms with E-state index >= 15 is 0 Å². The molecule has 4 rings (SSSR count). The molecular weight excluding hydrogens is 416 g/mol. The molecule has 2 aliphatic heterocycles. The zero-order chi connectivity index (χ0) is 22.8. The number of nitrogens with zero attached hydrogens (tertiary/aromatic N) is 1. The van der Waals surface area contributed by atoms with Crippen molar-refractivity contribution in [2.45, 2.75) is 19.9 Å². The molecule has 0 spiro atoms. The van der Waals surface area contributed by atoms with Crippen molar-refractivity contribution < 1.29 is 33.4 Å². The van der Waals surface area contributed by atoms with Gasteiger partial charge in [0, 0.05) is 11.8 Å². The fraction of sp³-hybridized carbons (Fsp3) is 0.304. The number of benzene rings is 2. The number of fused-ring (bicyclic) bond motifs is 2. The number of carbonyl (C=O) groups is 4. The Kier molecular flexibility index (Phi) is 5.81. The first-order valence-corrected chi connectivity index (χ1v) is 10.2. The van der Waals surface area contributed by atoms with Crippen molar-refractivity contribution in [2.75, 3.05) is 25.1 Å². The van der Waals surface area contributed by atoms with Crippen molar-refractivity contribution in [1.82, 2.24) is 4.90 Å². The van der Waals surface area contributed by atoms with Crippen LogP contribution in [-0.4, -0.2) is 54.5 Å². The maximum absolute atomic E-state index is 12.8. The largest absolute Gasteiger partial charge is 0.486 e. The average Bonchev–Trinajstić information content (AvgIpc) is 3.03. The molecule has 32 heavy (non-hydrogen) atoms. The summed E-state index contributed by atoms with van der Waals surface area (Å²) in [5.74, 6) is -1.82. The highest BCUT2D eigenvalue weighted by Crippen LogP contribution is 2.32. The average molecular weight is 438 g/mol. The molecule has 0 fully saturated rings. The first-order chi connectivity index (χ1) is 15.4. The summed E-state index contributed by atoms with van der Waals surface area (Å²) in [6.45, 7) is 3.70. The van der Waals surface area contributed by atoms with Crippen LogP contribution in [0.4, 0.5) is 5.69 Å². The number of imide groups is 1. The topological polar surface area (TPSA) is 111 Å². The molecule has 9 nitrogen and oxygen atoms in total. The van der Waals surface area contributed by atoms with Gasteiger partial charge in [-0.3, -0.25) is 19.3 Å². The van der Waals surface area contributed by atoms with E-state index in [1.165, 1.54) is 0 Å². The Morgan fingerprint density at radius 1 is 1.00 bits per heavy atom. The van der Waals surface area contributed by atoms with E-state index in [1.807, 2.05) is 0 Å². The molecular formula is C23H22N2O7. The lowest BCUT2D eigenvalue weighted by atomic mass is 10.0. The van der Waals surface area contributed by atoms with Crippen molar-refractivity contribution in [3.05, 3.63) is 53.6 Å². The highest BCUT2D eigenvalue weighted by molar-refractivity contribution is 6.22. The summed E-state index contributed by atoms with van der Waals surface area (Å²) in [6.07, 6.45) is 0. The number of ether oxygens (including phenoxy) is 3.